The van der Waals surface area contributed by atoms with Gasteiger partial charge in [-0.25, -0.2) is 0 Å². The normalized spacial score (nSPS) is 9.12. The molecule has 1 aromatic rings. The van der Waals surface area contributed by atoms with Crippen molar-refractivity contribution in [1.29, 1.82) is 0 Å². The van der Waals surface area contributed by atoms with Gasteiger partial charge in [-0.2, -0.15) is 0 Å². The highest BCUT2D eigenvalue weighted by Gasteiger charge is 1.88. The largest absolute Gasteiger partial charge is 0.415 e. The number of thiophene rings is 1. The maximum Gasteiger partial charge on any atom is 0.190 e. The van der Waals surface area contributed by atoms with Crippen LogP contribution in [0.5, 0.6) is 5.06 Å². The summed E-state index contributed by atoms with van der Waals surface area (Å²) in [4.78, 5) is 0. The quantitative estimate of drug-likeness (QED) is 0.592. The number of rotatable bonds is 2. The van der Waals surface area contributed by atoms with Gasteiger partial charge in [0.1, 0.15) is 0 Å². The van der Waals surface area contributed by atoms with Gasteiger partial charge < -0.3 is 4.18 Å². The van der Waals surface area contributed by atoms with Crippen LogP contribution >= 0.6 is 23.4 Å². The van der Waals surface area contributed by atoms with Crippen molar-refractivity contribution in [3.63, 3.8) is 0 Å². The molecule has 0 unspecified atom stereocenters. The molecule has 0 aliphatic carbocycles. The molecular formula is C5H6OS2. The van der Waals surface area contributed by atoms with Gasteiger partial charge in [-0.15, -0.1) is 11.3 Å². The fraction of sp³-hybridized carbons (Fsp3) is 0.200. The minimum Gasteiger partial charge on any atom is -0.415 e. The molecule has 1 nitrogen and oxygen atoms in total. The molecule has 3 heteroatoms. The Morgan fingerprint density at radius 3 is 3.12 bits per heavy atom. The lowest BCUT2D eigenvalue weighted by Crippen LogP contribution is -1.69. The second-order valence-electron chi connectivity index (χ2n) is 1.18. The van der Waals surface area contributed by atoms with Gasteiger partial charge in [0.2, 0.25) is 0 Å². The van der Waals surface area contributed by atoms with E-state index in [2.05, 4.69) is 0 Å². The lowest BCUT2D eigenvalue weighted by Gasteiger charge is -1.90. The van der Waals surface area contributed by atoms with Crippen LogP contribution < -0.4 is 4.18 Å². The van der Waals surface area contributed by atoms with Gasteiger partial charge in [-0.05, 0) is 17.5 Å². The highest BCUT2D eigenvalue weighted by Crippen LogP contribution is 2.20. The van der Waals surface area contributed by atoms with E-state index in [-0.39, 0.29) is 0 Å². The molecule has 0 saturated heterocycles. The maximum atomic E-state index is 5.08. The van der Waals surface area contributed by atoms with E-state index >= 15 is 0 Å². The van der Waals surface area contributed by atoms with Crippen LogP contribution in [-0.4, -0.2) is 6.26 Å². The maximum absolute atomic E-state index is 5.08. The Balaban J connectivity index is 2.50. The van der Waals surface area contributed by atoms with E-state index < -0.39 is 0 Å². The predicted molar refractivity (Wildman–Crippen MR) is 38.5 cm³/mol. The van der Waals surface area contributed by atoms with Gasteiger partial charge >= 0.3 is 0 Å². The molecule has 1 aromatic heterocycles. The SMILES string of the molecule is CSOc1cccs1. The lowest BCUT2D eigenvalue weighted by atomic mass is 10.7. The summed E-state index contributed by atoms with van der Waals surface area (Å²) in [5.41, 5.74) is 0. The molecule has 0 spiro atoms. The average Bonchev–Trinajstić information content (AvgIpc) is 2.19. The molecule has 0 atom stereocenters. The molecule has 0 amide bonds. The summed E-state index contributed by atoms with van der Waals surface area (Å²) < 4.78 is 5.08. The zero-order chi connectivity index (χ0) is 5.82. The Bertz CT molecular complexity index is 136. The molecule has 0 aliphatic heterocycles. The number of hydrogen-bond donors (Lipinski definition) is 0. The molecule has 0 N–H and O–H groups in total. The molecule has 0 bridgehead atoms. The van der Waals surface area contributed by atoms with Gasteiger partial charge in [0.15, 0.2) is 5.06 Å². The van der Waals surface area contributed by atoms with Gasteiger partial charge in [0.05, 0.1) is 12.0 Å². The van der Waals surface area contributed by atoms with E-state index in [0.717, 1.165) is 5.06 Å². The second kappa shape index (κ2) is 2.99. The molecular weight excluding hydrogens is 140 g/mol. The van der Waals surface area contributed by atoms with Crippen LogP contribution in [0.1, 0.15) is 0 Å². The van der Waals surface area contributed by atoms with Crippen molar-refractivity contribution < 1.29 is 4.18 Å². The minimum absolute atomic E-state index is 0.970. The van der Waals surface area contributed by atoms with Crippen molar-refractivity contribution in [3.05, 3.63) is 17.5 Å². The molecule has 0 radical (unpaired) electrons. The van der Waals surface area contributed by atoms with E-state index in [4.69, 9.17) is 4.18 Å². The van der Waals surface area contributed by atoms with Crippen molar-refractivity contribution in [1.82, 2.24) is 0 Å². The van der Waals surface area contributed by atoms with E-state index in [1.165, 1.54) is 12.0 Å². The first-order valence-electron chi connectivity index (χ1n) is 2.17. The van der Waals surface area contributed by atoms with Crippen molar-refractivity contribution in [2.75, 3.05) is 6.26 Å². The van der Waals surface area contributed by atoms with E-state index in [1.807, 2.05) is 23.8 Å². The fourth-order valence-corrected chi connectivity index (χ4v) is 1.42. The zero-order valence-electron chi connectivity index (χ0n) is 4.46. The van der Waals surface area contributed by atoms with Crippen molar-refractivity contribution in [3.8, 4) is 5.06 Å². The third-order valence-electron chi connectivity index (χ3n) is 0.661. The zero-order valence-corrected chi connectivity index (χ0v) is 6.09. The molecule has 1 rings (SSSR count). The van der Waals surface area contributed by atoms with E-state index in [1.54, 1.807) is 11.3 Å². The van der Waals surface area contributed by atoms with Crippen LogP contribution in [0, 0.1) is 0 Å². The molecule has 0 saturated carbocycles. The molecule has 44 valence electrons. The Morgan fingerprint density at radius 1 is 1.75 bits per heavy atom. The van der Waals surface area contributed by atoms with Gasteiger partial charge in [-0.3, -0.25) is 0 Å². The Kier molecular flexibility index (Phi) is 2.24. The summed E-state index contributed by atoms with van der Waals surface area (Å²) >= 11 is 2.97. The highest BCUT2D eigenvalue weighted by atomic mass is 32.2. The molecule has 1 heterocycles. The predicted octanol–water partition coefficient (Wildman–Crippen LogP) is 2.40. The van der Waals surface area contributed by atoms with Crippen LogP contribution in [0.15, 0.2) is 17.5 Å². The summed E-state index contributed by atoms with van der Waals surface area (Å²) in [6.07, 6.45) is 1.90. The summed E-state index contributed by atoms with van der Waals surface area (Å²) in [6, 6.07) is 3.91. The Labute approximate surface area is 56.9 Å². The minimum atomic E-state index is 0.970. The first-order chi connectivity index (χ1) is 3.93. The van der Waals surface area contributed by atoms with Crippen molar-refractivity contribution >= 4 is 23.4 Å². The van der Waals surface area contributed by atoms with E-state index in [0.29, 0.717) is 0 Å². The first kappa shape index (κ1) is 5.98. The van der Waals surface area contributed by atoms with Gasteiger partial charge in [0.25, 0.3) is 0 Å². The smallest absolute Gasteiger partial charge is 0.190 e. The molecule has 8 heavy (non-hydrogen) atoms. The van der Waals surface area contributed by atoms with Crippen LogP contribution in [-0.2, 0) is 0 Å². The van der Waals surface area contributed by atoms with Gasteiger partial charge in [0, 0.05) is 6.26 Å². The van der Waals surface area contributed by atoms with E-state index in [9.17, 15) is 0 Å². The monoisotopic (exact) mass is 146 g/mol. The third kappa shape index (κ3) is 1.42. The highest BCUT2D eigenvalue weighted by molar-refractivity contribution is 7.94. The molecule has 0 aliphatic rings. The van der Waals surface area contributed by atoms with Crippen LogP contribution in [0.2, 0.25) is 0 Å². The summed E-state index contributed by atoms with van der Waals surface area (Å²) in [6.45, 7) is 0. The summed E-state index contributed by atoms with van der Waals surface area (Å²) in [5.74, 6) is 0. The lowest BCUT2D eigenvalue weighted by molar-refractivity contribution is 0.670. The van der Waals surface area contributed by atoms with Crippen LogP contribution in [0.4, 0.5) is 0 Å². The standard InChI is InChI=1S/C5H6OS2/c1-7-6-5-3-2-4-8-5/h2-4H,1H3. The van der Waals surface area contributed by atoms with Crippen LogP contribution in [0.25, 0.3) is 0 Å². The Morgan fingerprint density at radius 2 is 2.62 bits per heavy atom. The fourth-order valence-electron chi connectivity index (χ4n) is 0.393. The Hall–Kier alpha value is -0.150. The van der Waals surface area contributed by atoms with Crippen molar-refractivity contribution in [2.24, 2.45) is 0 Å². The molecule has 0 aromatic carbocycles. The summed E-state index contributed by atoms with van der Waals surface area (Å²) in [7, 11) is 0. The van der Waals surface area contributed by atoms with Gasteiger partial charge in [-0.1, -0.05) is 0 Å². The average molecular weight is 146 g/mol. The topological polar surface area (TPSA) is 9.23 Å². The first-order valence-corrected chi connectivity index (χ1v) is 4.20. The molecule has 0 fully saturated rings. The summed E-state index contributed by atoms with van der Waals surface area (Å²) in [5, 5.41) is 2.96. The van der Waals surface area contributed by atoms with Crippen LogP contribution in [0.3, 0.4) is 0 Å². The second-order valence-corrected chi connectivity index (χ2v) is 2.59. The number of hydrogen-bond acceptors (Lipinski definition) is 3. The van der Waals surface area contributed by atoms with Crippen molar-refractivity contribution in [2.45, 2.75) is 0 Å². The third-order valence-corrected chi connectivity index (χ3v) is 1.86.